The minimum atomic E-state index is -3.66. The maximum Gasteiger partial charge on any atom is 0.185 e. The molecule has 0 amide bonds. The molecule has 3 aromatic rings. The molecule has 1 aromatic heterocycles. The van der Waals surface area contributed by atoms with Gasteiger partial charge in [-0.3, -0.25) is 9.78 Å². The number of Topliss-reactive ketones (excluding diaryl/α,β-unsaturated/α-hetero) is 1. The lowest BCUT2D eigenvalue weighted by molar-refractivity contribution is -0.121. The van der Waals surface area contributed by atoms with Gasteiger partial charge in [0.15, 0.2) is 15.6 Å². The van der Waals surface area contributed by atoms with Crippen LogP contribution in [0, 0.1) is 12.8 Å². The van der Waals surface area contributed by atoms with Crippen LogP contribution >= 0.6 is 0 Å². The quantitative estimate of drug-likeness (QED) is 0.608. The Morgan fingerprint density at radius 3 is 2.55 bits per heavy atom. The average molecular weight is 439 g/mol. The lowest BCUT2D eigenvalue weighted by Crippen LogP contribution is -2.34. The highest BCUT2D eigenvalue weighted by Gasteiger charge is 2.26. The number of nitrogens with zero attached hydrogens (tertiary/aromatic N) is 1. The molecule has 0 radical (unpaired) electrons. The van der Waals surface area contributed by atoms with E-state index >= 15 is 0 Å². The van der Waals surface area contributed by atoms with Crippen molar-refractivity contribution in [2.45, 2.75) is 31.3 Å². The maximum atomic E-state index is 12.7. The Morgan fingerprint density at radius 2 is 1.81 bits per heavy atom. The fourth-order valence-corrected chi connectivity index (χ4v) is 5.28. The number of sulfone groups is 1. The smallest absolute Gasteiger partial charge is 0.185 e. The Balaban J connectivity index is 1.43. The molecular weight excluding hydrogens is 412 g/mol. The summed E-state index contributed by atoms with van der Waals surface area (Å²) in [5.74, 6) is -0.235. The Morgan fingerprint density at radius 1 is 1.10 bits per heavy atom. The molecular formula is C24H26N2O4S. The van der Waals surface area contributed by atoms with Gasteiger partial charge in [-0.25, -0.2) is 8.42 Å². The molecule has 1 fully saturated rings. The van der Waals surface area contributed by atoms with Gasteiger partial charge in [0.2, 0.25) is 0 Å². The first-order chi connectivity index (χ1) is 14.9. The molecule has 0 bridgehead atoms. The molecule has 2 aromatic carbocycles. The summed E-state index contributed by atoms with van der Waals surface area (Å²) in [5.41, 5.74) is 2.85. The normalized spacial score (nSPS) is 15.1. The number of para-hydroxylation sites is 1. The summed E-state index contributed by atoms with van der Waals surface area (Å²) in [7, 11) is -3.66. The second-order valence-corrected chi connectivity index (χ2v) is 9.94. The fourth-order valence-electron chi connectivity index (χ4n) is 3.95. The van der Waals surface area contributed by atoms with E-state index in [1.807, 2.05) is 37.3 Å². The highest BCUT2D eigenvalue weighted by atomic mass is 32.2. The van der Waals surface area contributed by atoms with Crippen LogP contribution in [-0.4, -0.2) is 38.0 Å². The number of benzene rings is 2. The molecule has 0 unspecified atom stereocenters. The molecule has 0 saturated carbocycles. The Kier molecular flexibility index (Phi) is 6.34. The van der Waals surface area contributed by atoms with E-state index < -0.39 is 15.6 Å². The van der Waals surface area contributed by atoms with Crippen LogP contribution in [0.3, 0.4) is 0 Å². The third kappa shape index (κ3) is 5.11. The number of fused-ring (bicyclic) bond motifs is 1. The number of aromatic nitrogens is 1. The van der Waals surface area contributed by atoms with E-state index in [-0.39, 0.29) is 16.6 Å². The number of carbonyl (C=O) groups excluding carboxylic acids is 1. The first-order valence-corrected chi connectivity index (χ1v) is 12.1. The van der Waals surface area contributed by atoms with E-state index in [0.717, 1.165) is 35.2 Å². The molecule has 1 aliphatic rings. The number of ketones is 1. The van der Waals surface area contributed by atoms with E-state index in [4.69, 9.17) is 4.74 Å². The first-order valence-electron chi connectivity index (χ1n) is 10.5. The number of hydrogen-bond donors (Lipinski definition) is 1. The van der Waals surface area contributed by atoms with Crippen molar-refractivity contribution in [3.63, 3.8) is 0 Å². The van der Waals surface area contributed by atoms with Crippen molar-refractivity contribution >= 4 is 26.5 Å². The molecule has 7 heteroatoms. The van der Waals surface area contributed by atoms with Gasteiger partial charge in [0.05, 0.1) is 10.4 Å². The number of piperidine rings is 1. The summed E-state index contributed by atoms with van der Waals surface area (Å²) in [6.45, 7) is 3.81. The van der Waals surface area contributed by atoms with E-state index in [1.165, 1.54) is 12.1 Å². The van der Waals surface area contributed by atoms with Gasteiger partial charge in [0, 0.05) is 22.6 Å². The van der Waals surface area contributed by atoms with Crippen molar-refractivity contribution in [1.82, 2.24) is 10.3 Å². The van der Waals surface area contributed by atoms with Crippen LogP contribution in [0.25, 0.3) is 10.9 Å². The first kappa shape index (κ1) is 21.5. The summed E-state index contributed by atoms with van der Waals surface area (Å²) in [4.78, 5) is 17.1. The minimum Gasteiger partial charge on any atom is -0.489 e. The van der Waals surface area contributed by atoms with Gasteiger partial charge in [-0.1, -0.05) is 18.2 Å². The van der Waals surface area contributed by atoms with Crippen LogP contribution < -0.4 is 10.1 Å². The largest absolute Gasteiger partial charge is 0.489 e. The Labute approximate surface area is 182 Å². The molecule has 4 rings (SSSR count). The number of rotatable bonds is 7. The van der Waals surface area contributed by atoms with Crippen molar-refractivity contribution in [2.24, 2.45) is 5.92 Å². The van der Waals surface area contributed by atoms with Crippen molar-refractivity contribution in [1.29, 1.82) is 0 Å². The summed E-state index contributed by atoms with van der Waals surface area (Å²) < 4.78 is 31.3. The third-order valence-corrected chi connectivity index (χ3v) is 7.29. The molecule has 6 nitrogen and oxygen atoms in total. The van der Waals surface area contributed by atoms with Crippen LogP contribution in [0.15, 0.2) is 59.5 Å². The molecule has 1 N–H and O–H groups in total. The zero-order valence-corrected chi connectivity index (χ0v) is 18.3. The molecule has 1 aliphatic heterocycles. The monoisotopic (exact) mass is 438 g/mol. The van der Waals surface area contributed by atoms with Gasteiger partial charge in [-0.05, 0) is 69.3 Å². The fraction of sp³-hybridized carbons (Fsp3) is 0.333. The van der Waals surface area contributed by atoms with Crippen molar-refractivity contribution in [2.75, 3.05) is 18.8 Å². The molecule has 1 saturated heterocycles. The molecule has 0 atom stereocenters. The molecule has 0 aliphatic carbocycles. The second-order valence-electron chi connectivity index (χ2n) is 7.95. The van der Waals surface area contributed by atoms with E-state index in [2.05, 4.69) is 10.3 Å². The van der Waals surface area contributed by atoms with Gasteiger partial charge >= 0.3 is 0 Å². The average Bonchev–Trinajstić information content (AvgIpc) is 2.78. The summed E-state index contributed by atoms with van der Waals surface area (Å²) in [5, 5.41) is 4.22. The summed E-state index contributed by atoms with van der Waals surface area (Å²) >= 11 is 0. The van der Waals surface area contributed by atoms with Crippen LogP contribution in [0.2, 0.25) is 0 Å². The number of hydrogen-bond acceptors (Lipinski definition) is 6. The highest BCUT2D eigenvalue weighted by Crippen LogP contribution is 2.23. The van der Waals surface area contributed by atoms with Crippen molar-refractivity contribution < 1.29 is 17.9 Å². The zero-order chi connectivity index (χ0) is 21.8. The van der Waals surface area contributed by atoms with E-state index in [1.54, 1.807) is 12.1 Å². The van der Waals surface area contributed by atoms with Gasteiger partial charge < -0.3 is 10.1 Å². The number of nitrogens with one attached hydrogen (secondary N) is 1. The number of carbonyl (C=O) groups is 1. The van der Waals surface area contributed by atoms with Gasteiger partial charge in [-0.2, -0.15) is 0 Å². The summed E-state index contributed by atoms with van der Waals surface area (Å²) in [6.07, 6.45) is 1.40. The zero-order valence-electron chi connectivity index (χ0n) is 17.5. The molecule has 162 valence electrons. The molecule has 2 heterocycles. The van der Waals surface area contributed by atoms with Crippen LogP contribution in [0.4, 0.5) is 0 Å². The predicted octanol–water partition coefficient (Wildman–Crippen LogP) is 3.46. The van der Waals surface area contributed by atoms with Gasteiger partial charge in [-0.15, -0.1) is 0 Å². The number of ether oxygens (including phenoxy) is 1. The SMILES string of the molecule is Cc1cc(COc2ccc(S(=O)(=O)CC(=O)C3CCNCC3)cc2)c2ccccc2n1. The summed E-state index contributed by atoms with van der Waals surface area (Å²) in [6, 6.07) is 16.2. The minimum absolute atomic E-state index is 0.146. The maximum absolute atomic E-state index is 12.7. The number of pyridine rings is 1. The van der Waals surface area contributed by atoms with Crippen LogP contribution in [0.1, 0.15) is 24.1 Å². The number of aryl methyl sites for hydroxylation is 1. The third-order valence-electron chi connectivity index (χ3n) is 5.63. The Hall–Kier alpha value is -2.77. The standard InChI is InChI=1S/C24H26N2O4S/c1-17-14-19(22-4-2-3-5-23(22)26-17)15-30-20-6-8-21(9-7-20)31(28,29)16-24(27)18-10-12-25-13-11-18/h2-9,14,18,25H,10-13,15-16H2,1H3. The van der Waals surface area contributed by atoms with Gasteiger partial charge in [0.1, 0.15) is 18.1 Å². The van der Waals surface area contributed by atoms with E-state index in [0.29, 0.717) is 25.2 Å². The predicted molar refractivity (Wildman–Crippen MR) is 120 cm³/mol. The van der Waals surface area contributed by atoms with Crippen LogP contribution in [-0.2, 0) is 21.2 Å². The van der Waals surface area contributed by atoms with E-state index in [9.17, 15) is 13.2 Å². The van der Waals surface area contributed by atoms with Gasteiger partial charge in [0.25, 0.3) is 0 Å². The topological polar surface area (TPSA) is 85.4 Å². The molecule has 31 heavy (non-hydrogen) atoms. The Bertz CT molecular complexity index is 1180. The lowest BCUT2D eigenvalue weighted by atomic mass is 9.94. The van der Waals surface area contributed by atoms with Crippen LogP contribution in [0.5, 0.6) is 5.75 Å². The highest BCUT2D eigenvalue weighted by molar-refractivity contribution is 7.92. The lowest BCUT2D eigenvalue weighted by Gasteiger charge is -2.21. The van der Waals surface area contributed by atoms with Crippen molar-refractivity contribution in [3.8, 4) is 5.75 Å². The molecule has 0 spiro atoms. The van der Waals surface area contributed by atoms with Crippen molar-refractivity contribution in [3.05, 3.63) is 65.9 Å². The second kappa shape index (κ2) is 9.16.